The van der Waals surface area contributed by atoms with E-state index < -0.39 is 0 Å². The van der Waals surface area contributed by atoms with Gasteiger partial charge in [-0.05, 0) is 0 Å². The summed E-state index contributed by atoms with van der Waals surface area (Å²) in [6, 6.07) is 0. The molecule has 0 heterocycles. The number of ether oxygens (including phenoxy) is 1. The van der Waals surface area contributed by atoms with Gasteiger partial charge >= 0.3 is 5.97 Å². The van der Waals surface area contributed by atoms with Crippen molar-refractivity contribution < 1.29 is 9.53 Å². The van der Waals surface area contributed by atoms with Crippen LogP contribution in [-0.2, 0) is 9.53 Å². The van der Waals surface area contributed by atoms with Crippen molar-refractivity contribution in [3.05, 3.63) is 0 Å². The summed E-state index contributed by atoms with van der Waals surface area (Å²) in [6.45, 7) is 0.412. The van der Waals surface area contributed by atoms with Crippen LogP contribution in [0.15, 0.2) is 0 Å². The van der Waals surface area contributed by atoms with E-state index in [9.17, 15) is 4.79 Å². The van der Waals surface area contributed by atoms with Gasteiger partial charge < -0.3 is 4.74 Å². The summed E-state index contributed by atoms with van der Waals surface area (Å²) in [7, 11) is 0. The van der Waals surface area contributed by atoms with Gasteiger partial charge in [-0.25, -0.2) is 0 Å². The molecule has 0 aliphatic heterocycles. The van der Waals surface area contributed by atoms with E-state index in [0.717, 1.165) is 5.33 Å². The zero-order valence-corrected chi connectivity index (χ0v) is 9.91. The fourth-order valence-corrected chi connectivity index (χ4v) is 0.747. The second kappa shape index (κ2) is 6.61. The number of halogens is 3. The summed E-state index contributed by atoms with van der Waals surface area (Å²) in [4.78, 5) is 10.7. The maximum absolute atomic E-state index is 10.5. The van der Waals surface area contributed by atoms with Gasteiger partial charge in [-0.15, -0.1) is 0 Å². The fraction of sp³-hybridized carbons (Fsp3) is 0.800. The van der Waals surface area contributed by atoms with Crippen molar-refractivity contribution in [3.63, 3.8) is 0 Å². The van der Waals surface area contributed by atoms with Crippen LogP contribution in [0.5, 0.6) is 0 Å². The number of hydrogen-bond donors (Lipinski definition) is 0. The molecule has 0 bridgehead atoms. The summed E-state index contributed by atoms with van der Waals surface area (Å²) >= 11 is 9.52. The van der Waals surface area contributed by atoms with Crippen LogP contribution < -0.4 is 0 Å². The standard InChI is InChI=1S/C5H7Br3O2/c6-1-4(8)3-10-5(9)2-7/h4H,1-3H2. The van der Waals surface area contributed by atoms with E-state index >= 15 is 0 Å². The molecule has 0 rings (SSSR count). The normalized spacial score (nSPS) is 12.7. The lowest BCUT2D eigenvalue weighted by molar-refractivity contribution is -0.140. The predicted molar refractivity (Wildman–Crippen MR) is 51.3 cm³/mol. The summed E-state index contributed by atoms with van der Waals surface area (Å²) in [5.74, 6) is -0.231. The second-order valence-electron chi connectivity index (χ2n) is 1.57. The Morgan fingerprint density at radius 2 is 2.10 bits per heavy atom. The zero-order valence-electron chi connectivity index (χ0n) is 5.15. The van der Waals surface area contributed by atoms with Gasteiger partial charge in [0.2, 0.25) is 0 Å². The van der Waals surface area contributed by atoms with Crippen molar-refractivity contribution in [2.24, 2.45) is 0 Å². The highest BCUT2D eigenvalue weighted by molar-refractivity contribution is 9.12. The Hall–Kier alpha value is 0.910. The van der Waals surface area contributed by atoms with E-state index in [-0.39, 0.29) is 16.1 Å². The summed E-state index contributed by atoms with van der Waals surface area (Å²) < 4.78 is 4.78. The van der Waals surface area contributed by atoms with Gasteiger partial charge in [0.15, 0.2) is 0 Å². The highest BCUT2D eigenvalue weighted by Gasteiger charge is 2.04. The third-order valence-electron chi connectivity index (χ3n) is 0.702. The van der Waals surface area contributed by atoms with Crippen LogP contribution in [0.3, 0.4) is 0 Å². The van der Waals surface area contributed by atoms with Gasteiger partial charge in [-0.1, -0.05) is 47.8 Å². The number of esters is 1. The van der Waals surface area contributed by atoms with Crippen molar-refractivity contribution in [2.75, 3.05) is 17.3 Å². The summed E-state index contributed by atoms with van der Waals surface area (Å²) in [6.07, 6.45) is 0. The minimum Gasteiger partial charge on any atom is -0.464 e. The Labute approximate surface area is 85.1 Å². The first-order valence-electron chi connectivity index (χ1n) is 2.62. The van der Waals surface area contributed by atoms with Gasteiger partial charge in [0, 0.05) is 5.33 Å². The monoisotopic (exact) mass is 336 g/mol. The van der Waals surface area contributed by atoms with Crippen LogP contribution in [0.4, 0.5) is 0 Å². The van der Waals surface area contributed by atoms with E-state index in [4.69, 9.17) is 4.74 Å². The Morgan fingerprint density at radius 1 is 1.50 bits per heavy atom. The number of carbonyl (C=O) groups is 1. The molecule has 0 aromatic rings. The molecule has 0 saturated carbocycles. The molecule has 0 aliphatic rings. The lowest BCUT2D eigenvalue weighted by Gasteiger charge is -2.05. The molecule has 0 aromatic carbocycles. The third kappa shape index (κ3) is 5.68. The highest BCUT2D eigenvalue weighted by Crippen LogP contribution is 2.03. The van der Waals surface area contributed by atoms with Crippen LogP contribution in [0.2, 0.25) is 0 Å². The van der Waals surface area contributed by atoms with Crippen molar-refractivity contribution in [1.29, 1.82) is 0 Å². The molecule has 0 N–H and O–H groups in total. The van der Waals surface area contributed by atoms with Gasteiger partial charge in [-0.3, -0.25) is 4.79 Å². The summed E-state index contributed by atoms with van der Waals surface area (Å²) in [5, 5.41) is 1.04. The molecule has 0 radical (unpaired) electrons. The maximum Gasteiger partial charge on any atom is 0.316 e. The van der Waals surface area contributed by atoms with E-state index in [2.05, 4.69) is 47.8 Å². The topological polar surface area (TPSA) is 26.3 Å². The first-order valence-corrected chi connectivity index (χ1v) is 5.78. The Balaban J connectivity index is 3.26. The predicted octanol–water partition coefficient (Wildman–Crippen LogP) is 2.08. The molecule has 0 fully saturated rings. The van der Waals surface area contributed by atoms with E-state index in [1.807, 2.05) is 0 Å². The van der Waals surface area contributed by atoms with Gasteiger partial charge in [-0.2, -0.15) is 0 Å². The Morgan fingerprint density at radius 3 is 2.50 bits per heavy atom. The van der Waals surface area contributed by atoms with Crippen molar-refractivity contribution >= 4 is 53.8 Å². The summed E-state index contributed by atoms with van der Waals surface area (Å²) in [5.41, 5.74) is 0. The number of carbonyl (C=O) groups excluding carboxylic acids is 1. The van der Waals surface area contributed by atoms with Crippen LogP contribution in [0.1, 0.15) is 0 Å². The minimum atomic E-state index is -0.231. The third-order valence-corrected chi connectivity index (χ3v) is 3.40. The van der Waals surface area contributed by atoms with E-state index in [1.165, 1.54) is 0 Å². The van der Waals surface area contributed by atoms with Crippen molar-refractivity contribution in [1.82, 2.24) is 0 Å². The lowest BCUT2D eigenvalue weighted by atomic mass is 10.5. The molecule has 1 atom stereocenters. The number of alkyl halides is 3. The van der Waals surface area contributed by atoms with Crippen molar-refractivity contribution in [2.45, 2.75) is 4.83 Å². The largest absolute Gasteiger partial charge is 0.464 e. The molecule has 2 nitrogen and oxygen atoms in total. The molecule has 0 spiro atoms. The highest BCUT2D eigenvalue weighted by atomic mass is 79.9. The average Bonchev–Trinajstić information content (AvgIpc) is 1.99. The van der Waals surface area contributed by atoms with Gasteiger partial charge in [0.1, 0.15) is 11.9 Å². The second-order valence-corrected chi connectivity index (χ2v) is 4.07. The molecule has 0 saturated heterocycles. The molecule has 1 unspecified atom stereocenters. The molecule has 60 valence electrons. The minimum absolute atomic E-state index is 0.204. The van der Waals surface area contributed by atoms with Crippen LogP contribution in [-0.4, -0.2) is 28.1 Å². The lowest BCUT2D eigenvalue weighted by Crippen LogP contribution is -2.15. The molecule has 0 aliphatic carbocycles. The number of hydrogen-bond acceptors (Lipinski definition) is 2. The molecule has 10 heavy (non-hydrogen) atoms. The Kier molecular flexibility index (Phi) is 7.21. The average molecular weight is 339 g/mol. The Bertz CT molecular complexity index is 107. The molecular formula is C5H7Br3O2. The quantitative estimate of drug-likeness (QED) is 0.579. The van der Waals surface area contributed by atoms with E-state index in [1.54, 1.807) is 0 Å². The fourth-order valence-electron chi connectivity index (χ4n) is 0.266. The molecule has 0 aromatic heterocycles. The van der Waals surface area contributed by atoms with Crippen molar-refractivity contribution in [3.8, 4) is 0 Å². The van der Waals surface area contributed by atoms with E-state index in [0.29, 0.717) is 6.61 Å². The molecule has 0 amide bonds. The molecule has 5 heteroatoms. The van der Waals surface area contributed by atoms with Crippen LogP contribution in [0, 0.1) is 0 Å². The first-order chi connectivity index (χ1) is 4.70. The first kappa shape index (κ1) is 10.9. The van der Waals surface area contributed by atoms with Gasteiger partial charge in [0.05, 0.1) is 4.83 Å². The van der Waals surface area contributed by atoms with Crippen LogP contribution in [0.25, 0.3) is 0 Å². The SMILES string of the molecule is O=C(CBr)OCC(Br)CBr. The van der Waals surface area contributed by atoms with Crippen LogP contribution >= 0.6 is 47.8 Å². The van der Waals surface area contributed by atoms with Gasteiger partial charge in [0.25, 0.3) is 0 Å². The number of rotatable bonds is 4. The smallest absolute Gasteiger partial charge is 0.316 e. The zero-order chi connectivity index (χ0) is 7.98. The maximum atomic E-state index is 10.5. The molecular weight excluding hydrogens is 332 g/mol.